The number of nitriles is 1. The fraction of sp³-hybridized carbons (Fsp3) is 0.0385. The summed E-state index contributed by atoms with van der Waals surface area (Å²) in [5, 5.41) is 15.7. The summed E-state index contributed by atoms with van der Waals surface area (Å²) >= 11 is 7.51. The van der Waals surface area contributed by atoms with E-state index in [-0.39, 0.29) is 12.6 Å². The third kappa shape index (κ3) is 4.37. The van der Waals surface area contributed by atoms with Crippen molar-refractivity contribution in [1.82, 2.24) is 4.98 Å². The second-order valence-electron chi connectivity index (χ2n) is 7.31. The minimum atomic E-state index is -0.170. The molecule has 1 aliphatic heterocycles. The van der Waals surface area contributed by atoms with Crippen LogP contribution >= 0.6 is 22.9 Å². The molecule has 0 saturated heterocycles. The van der Waals surface area contributed by atoms with E-state index in [2.05, 4.69) is 16.4 Å². The number of fused-ring (bicyclic) bond motifs is 1. The molecular formula is C26H16ClN3O3S. The third-order valence-corrected chi connectivity index (χ3v) is 6.27. The van der Waals surface area contributed by atoms with Gasteiger partial charge in [0.05, 0.1) is 5.69 Å². The Hall–Kier alpha value is -4.12. The van der Waals surface area contributed by atoms with E-state index in [0.29, 0.717) is 43.9 Å². The molecule has 1 N–H and O–H groups in total. The molecule has 1 aliphatic rings. The summed E-state index contributed by atoms with van der Waals surface area (Å²) in [6, 6.07) is 21.7. The first-order chi connectivity index (χ1) is 16.6. The fourth-order valence-electron chi connectivity index (χ4n) is 3.45. The Morgan fingerprint density at radius 3 is 2.74 bits per heavy atom. The van der Waals surface area contributed by atoms with Gasteiger partial charge in [0.1, 0.15) is 16.6 Å². The van der Waals surface area contributed by atoms with Crippen LogP contribution in [0.5, 0.6) is 11.5 Å². The molecule has 2 heterocycles. The van der Waals surface area contributed by atoms with E-state index >= 15 is 0 Å². The lowest BCUT2D eigenvalue weighted by Crippen LogP contribution is -2.05. The number of halogens is 1. The van der Waals surface area contributed by atoms with E-state index in [1.165, 1.54) is 11.3 Å². The van der Waals surface area contributed by atoms with Crippen LogP contribution in [0.1, 0.15) is 20.9 Å². The van der Waals surface area contributed by atoms with Crippen LogP contribution < -0.4 is 14.8 Å². The number of anilines is 1. The lowest BCUT2D eigenvalue weighted by molar-refractivity contribution is 0.103. The molecule has 0 saturated carbocycles. The van der Waals surface area contributed by atoms with E-state index in [4.69, 9.17) is 21.1 Å². The van der Waals surface area contributed by atoms with Crippen LogP contribution in [0.2, 0.25) is 5.02 Å². The van der Waals surface area contributed by atoms with Gasteiger partial charge in [-0.2, -0.15) is 5.26 Å². The highest BCUT2D eigenvalue weighted by atomic mass is 35.5. The lowest BCUT2D eigenvalue weighted by atomic mass is 10.0. The van der Waals surface area contributed by atoms with E-state index in [1.807, 2.05) is 29.6 Å². The summed E-state index contributed by atoms with van der Waals surface area (Å²) < 4.78 is 10.8. The van der Waals surface area contributed by atoms with Gasteiger partial charge in [-0.1, -0.05) is 41.9 Å². The zero-order valence-electron chi connectivity index (χ0n) is 17.6. The first-order valence-corrected chi connectivity index (χ1v) is 11.5. The number of ketones is 1. The van der Waals surface area contributed by atoms with E-state index in [1.54, 1.807) is 48.7 Å². The number of ether oxygens (including phenoxy) is 2. The molecule has 0 radical (unpaired) electrons. The number of thiazole rings is 1. The fourth-order valence-corrected chi connectivity index (χ4v) is 4.42. The Morgan fingerprint density at radius 2 is 1.91 bits per heavy atom. The number of hydrogen-bond donors (Lipinski definition) is 1. The molecule has 0 bridgehead atoms. The summed E-state index contributed by atoms with van der Waals surface area (Å²) in [7, 11) is 0. The Labute approximate surface area is 204 Å². The van der Waals surface area contributed by atoms with Crippen LogP contribution in [-0.2, 0) is 0 Å². The zero-order valence-corrected chi connectivity index (χ0v) is 19.2. The first-order valence-electron chi connectivity index (χ1n) is 10.2. The highest BCUT2D eigenvalue weighted by Gasteiger charge is 2.17. The van der Waals surface area contributed by atoms with Gasteiger partial charge < -0.3 is 14.8 Å². The average molecular weight is 486 g/mol. The van der Waals surface area contributed by atoms with E-state index in [0.717, 1.165) is 11.3 Å². The maximum absolute atomic E-state index is 13.0. The topological polar surface area (TPSA) is 84.2 Å². The predicted octanol–water partition coefficient (Wildman–Crippen LogP) is 6.40. The van der Waals surface area contributed by atoms with Gasteiger partial charge in [-0.05, 0) is 36.4 Å². The summed E-state index contributed by atoms with van der Waals surface area (Å²) in [4.78, 5) is 17.6. The van der Waals surface area contributed by atoms with Crippen molar-refractivity contribution in [2.45, 2.75) is 0 Å². The van der Waals surface area contributed by atoms with Crippen LogP contribution in [0.3, 0.4) is 0 Å². The molecule has 6 nitrogen and oxygen atoms in total. The first kappa shape index (κ1) is 21.7. The second kappa shape index (κ2) is 9.40. The number of nitrogens with zero attached hydrogens (tertiary/aromatic N) is 2. The van der Waals surface area contributed by atoms with Crippen molar-refractivity contribution in [3.05, 3.63) is 99.5 Å². The number of carbonyl (C=O) groups excluding carboxylic acids is 1. The molecule has 0 spiro atoms. The minimum absolute atomic E-state index is 0.170. The molecule has 3 aromatic carbocycles. The molecule has 0 aliphatic carbocycles. The number of carbonyl (C=O) groups is 1. The van der Waals surface area contributed by atoms with Crippen molar-refractivity contribution in [3.63, 3.8) is 0 Å². The van der Waals surface area contributed by atoms with Gasteiger partial charge in [0.25, 0.3) is 0 Å². The Balaban J connectivity index is 1.41. The molecule has 34 heavy (non-hydrogen) atoms. The van der Waals surface area contributed by atoms with Crippen molar-refractivity contribution < 1.29 is 14.3 Å². The SMILES string of the molecule is N#CC(=CNc1ccc(Cl)cc1C(=O)c1ccccc1)c1nc(-c2ccc3c(c2)OCO3)cs1. The molecule has 166 valence electrons. The van der Waals surface area contributed by atoms with Gasteiger partial charge in [0, 0.05) is 39.0 Å². The van der Waals surface area contributed by atoms with Gasteiger partial charge in [0.2, 0.25) is 6.79 Å². The number of hydrogen-bond acceptors (Lipinski definition) is 7. The number of nitrogens with one attached hydrogen (secondary N) is 1. The Kier molecular flexibility index (Phi) is 6.00. The zero-order chi connectivity index (χ0) is 23.5. The van der Waals surface area contributed by atoms with Crippen molar-refractivity contribution in [1.29, 1.82) is 5.26 Å². The van der Waals surface area contributed by atoms with Gasteiger partial charge in [-0.3, -0.25) is 4.79 Å². The molecular weight excluding hydrogens is 470 g/mol. The molecule has 5 rings (SSSR count). The molecule has 8 heteroatoms. The molecule has 0 unspecified atom stereocenters. The van der Waals surface area contributed by atoms with Crippen molar-refractivity contribution >= 4 is 40.0 Å². The molecule has 0 fully saturated rings. The highest BCUT2D eigenvalue weighted by Crippen LogP contribution is 2.36. The van der Waals surface area contributed by atoms with Crippen molar-refractivity contribution in [3.8, 4) is 28.8 Å². The predicted molar refractivity (Wildman–Crippen MR) is 132 cm³/mol. The molecule has 0 amide bonds. The van der Waals surface area contributed by atoms with Gasteiger partial charge in [-0.25, -0.2) is 4.98 Å². The van der Waals surface area contributed by atoms with Crippen molar-refractivity contribution in [2.75, 3.05) is 12.1 Å². The van der Waals surface area contributed by atoms with E-state index < -0.39 is 0 Å². The monoisotopic (exact) mass is 485 g/mol. The third-order valence-electron chi connectivity index (χ3n) is 5.16. The standard InChI is InChI=1S/C26H16ClN3O3S/c27-19-7-8-21(20(11-19)25(31)16-4-2-1-3-5-16)29-13-18(12-28)26-30-22(14-34-26)17-6-9-23-24(10-17)33-15-32-23/h1-11,13-14,29H,15H2. The minimum Gasteiger partial charge on any atom is -0.454 e. The maximum Gasteiger partial charge on any atom is 0.231 e. The molecule has 4 aromatic rings. The number of rotatable bonds is 6. The van der Waals surface area contributed by atoms with Gasteiger partial charge in [-0.15, -0.1) is 11.3 Å². The van der Waals surface area contributed by atoms with Crippen molar-refractivity contribution in [2.24, 2.45) is 0 Å². The molecule has 0 atom stereocenters. The van der Waals surface area contributed by atoms with Crippen LogP contribution in [0.4, 0.5) is 5.69 Å². The lowest BCUT2D eigenvalue weighted by Gasteiger charge is -2.10. The highest BCUT2D eigenvalue weighted by molar-refractivity contribution is 7.11. The molecule has 1 aromatic heterocycles. The normalized spacial score (nSPS) is 12.3. The largest absolute Gasteiger partial charge is 0.454 e. The summed E-state index contributed by atoms with van der Waals surface area (Å²) in [6.07, 6.45) is 1.55. The Morgan fingerprint density at radius 1 is 1.09 bits per heavy atom. The van der Waals surface area contributed by atoms with Crippen LogP contribution in [-0.4, -0.2) is 17.6 Å². The Bertz CT molecular complexity index is 1460. The van der Waals surface area contributed by atoms with Gasteiger partial charge >= 0.3 is 0 Å². The quantitative estimate of drug-likeness (QED) is 0.251. The summed E-state index contributed by atoms with van der Waals surface area (Å²) in [5.41, 5.74) is 3.43. The van der Waals surface area contributed by atoms with Crippen LogP contribution in [0.15, 0.2) is 78.3 Å². The maximum atomic E-state index is 13.0. The number of aromatic nitrogens is 1. The number of allylic oxidation sites excluding steroid dienone is 1. The smallest absolute Gasteiger partial charge is 0.231 e. The van der Waals surface area contributed by atoms with E-state index in [9.17, 15) is 10.1 Å². The van der Waals surface area contributed by atoms with Crippen LogP contribution in [0.25, 0.3) is 16.8 Å². The number of benzene rings is 3. The van der Waals surface area contributed by atoms with Crippen LogP contribution in [0, 0.1) is 11.3 Å². The average Bonchev–Trinajstić information content (AvgIpc) is 3.55. The second-order valence-corrected chi connectivity index (χ2v) is 8.60. The summed E-state index contributed by atoms with van der Waals surface area (Å²) in [6.45, 7) is 0.202. The summed E-state index contributed by atoms with van der Waals surface area (Å²) in [5.74, 6) is 1.20. The van der Waals surface area contributed by atoms with Gasteiger partial charge in [0.15, 0.2) is 17.3 Å².